The maximum atomic E-state index is 12.2. The van der Waals surface area contributed by atoms with Gasteiger partial charge in [0.1, 0.15) is 5.01 Å². The Bertz CT molecular complexity index is 887. The second kappa shape index (κ2) is 7.62. The highest BCUT2D eigenvalue weighted by atomic mass is 32.1. The number of pyridine rings is 1. The summed E-state index contributed by atoms with van der Waals surface area (Å²) >= 11 is 1.59. The molecule has 140 valence electrons. The first-order chi connectivity index (χ1) is 13.1. The number of carbonyl (C=O) groups excluding carboxylic acids is 1. The van der Waals surface area contributed by atoms with E-state index in [4.69, 9.17) is 0 Å². The van der Waals surface area contributed by atoms with Gasteiger partial charge in [-0.3, -0.25) is 4.98 Å². The predicted molar refractivity (Wildman–Crippen MR) is 105 cm³/mol. The number of rotatable bonds is 4. The molecule has 1 aromatic carbocycles. The van der Waals surface area contributed by atoms with Crippen molar-refractivity contribution in [1.82, 2.24) is 20.6 Å². The quantitative estimate of drug-likeness (QED) is 0.646. The third-order valence-electron chi connectivity index (χ3n) is 5.09. The standard InChI is InChI=1S/C20H22N4O2S/c25-19(22-13-18-24-16-5-1-2-6-17(16)27-18)23-15-7-9-20(26,10-8-15)14-4-3-11-21-12-14/h1-6,11-12,15,26H,7-10,13H2,(H2,22,23,25). The zero-order valence-corrected chi connectivity index (χ0v) is 15.7. The van der Waals surface area contributed by atoms with Crippen LogP contribution in [0.4, 0.5) is 4.79 Å². The molecule has 4 rings (SSSR count). The Morgan fingerprint density at radius 2 is 2.04 bits per heavy atom. The van der Waals surface area contributed by atoms with E-state index in [0.29, 0.717) is 19.4 Å². The largest absolute Gasteiger partial charge is 0.385 e. The number of amides is 2. The smallest absolute Gasteiger partial charge is 0.315 e. The van der Waals surface area contributed by atoms with E-state index in [9.17, 15) is 9.90 Å². The molecule has 2 amide bonds. The van der Waals surface area contributed by atoms with Gasteiger partial charge in [-0.15, -0.1) is 11.3 Å². The highest BCUT2D eigenvalue weighted by Crippen LogP contribution is 2.36. The number of fused-ring (bicyclic) bond motifs is 1. The Morgan fingerprint density at radius 3 is 2.78 bits per heavy atom. The van der Waals surface area contributed by atoms with Crippen molar-refractivity contribution in [2.45, 2.75) is 43.9 Å². The molecular weight excluding hydrogens is 360 g/mol. The van der Waals surface area contributed by atoms with Crippen LogP contribution in [0.5, 0.6) is 0 Å². The van der Waals surface area contributed by atoms with Crippen LogP contribution in [0.2, 0.25) is 0 Å². The highest BCUT2D eigenvalue weighted by Gasteiger charge is 2.35. The minimum absolute atomic E-state index is 0.0670. The van der Waals surface area contributed by atoms with E-state index in [1.807, 2.05) is 36.4 Å². The average Bonchev–Trinajstić information content (AvgIpc) is 3.12. The van der Waals surface area contributed by atoms with Gasteiger partial charge in [0.25, 0.3) is 0 Å². The fourth-order valence-corrected chi connectivity index (χ4v) is 4.46. The number of benzene rings is 1. The van der Waals surface area contributed by atoms with Gasteiger partial charge in [-0.05, 0) is 43.9 Å². The number of hydrogen-bond acceptors (Lipinski definition) is 5. The normalized spacial score (nSPS) is 22.5. The van der Waals surface area contributed by atoms with Crippen molar-refractivity contribution >= 4 is 27.6 Å². The van der Waals surface area contributed by atoms with Crippen LogP contribution in [0.1, 0.15) is 36.3 Å². The Balaban J connectivity index is 1.27. The summed E-state index contributed by atoms with van der Waals surface area (Å²) in [6, 6.07) is 11.6. The molecule has 1 saturated carbocycles. The van der Waals surface area contributed by atoms with Crippen molar-refractivity contribution in [2.75, 3.05) is 0 Å². The fraction of sp³-hybridized carbons (Fsp3) is 0.350. The number of nitrogens with zero attached hydrogens (tertiary/aromatic N) is 2. The van der Waals surface area contributed by atoms with Gasteiger partial charge in [-0.1, -0.05) is 18.2 Å². The van der Waals surface area contributed by atoms with Gasteiger partial charge in [-0.25, -0.2) is 9.78 Å². The maximum absolute atomic E-state index is 12.2. The molecule has 0 bridgehead atoms. The van der Waals surface area contributed by atoms with Crippen LogP contribution in [0.3, 0.4) is 0 Å². The van der Waals surface area contributed by atoms with Crippen LogP contribution < -0.4 is 10.6 Å². The molecule has 0 aliphatic heterocycles. The lowest BCUT2D eigenvalue weighted by molar-refractivity contribution is -0.00761. The predicted octanol–water partition coefficient (Wildman–Crippen LogP) is 3.32. The molecule has 0 radical (unpaired) electrons. The van der Waals surface area contributed by atoms with Crippen LogP contribution in [0.15, 0.2) is 48.8 Å². The lowest BCUT2D eigenvalue weighted by Gasteiger charge is -2.36. The topological polar surface area (TPSA) is 87.1 Å². The summed E-state index contributed by atoms with van der Waals surface area (Å²) in [7, 11) is 0. The number of para-hydroxylation sites is 1. The maximum Gasteiger partial charge on any atom is 0.315 e. The molecule has 2 heterocycles. The Morgan fingerprint density at radius 1 is 1.22 bits per heavy atom. The number of carbonyl (C=O) groups is 1. The third kappa shape index (κ3) is 4.09. The highest BCUT2D eigenvalue weighted by molar-refractivity contribution is 7.18. The summed E-state index contributed by atoms with van der Waals surface area (Å²) in [6.45, 7) is 0.414. The van der Waals surface area contributed by atoms with E-state index in [1.165, 1.54) is 0 Å². The van der Waals surface area contributed by atoms with Gasteiger partial charge in [0.05, 0.1) is 22.4 Å². The van der Waals surface area contributed by atoms with E-state index < -0.39 is 5.60 Å². The van der Waals surface area contributed by atoms with Gasteiger partial charge >= 0.3 is 6.03 Å². The van der Waals surface area contributed by atoms with Gasteiger partial charge < -0.3 is 15.7 Å². The SMILES string of the molecule is O=C(NCc1nc2ccccc2s1)NC1CCC(O)(c2cccnc2)CC1. The van der Waals surface area contributed by atoms with Gasteiger partial charge in [0, 0.05) is 24.0 Å². The number of nitrogens with one attached hydrogen (secondary N) is 2. The Labute approximate surface area is 161 Å². The van der Waals surface area contributed by atoms with Crippen LogP contribution in [0.25, 0.3) is 10.2 Å². The molecule has 1 aliphatic rings. The van der Waals surface area contributed by atoms with Crippen LogP contribution >= 0.6 is 11.3 Å². The Kier molecular flexibility index (Phi) is 5.05. The van der Waals surface area contributed by atoms with E-state index in [1.54, 1.807) is 23.7 Å². The number of urea groups is 1. The molecule has 6 nitrogen and oxygen atoms in total. The van der Waals surface area contributed by atoms with E-state index in [-0.39, 0.29) is 12.1 Å². The molecule has 3 N–H and O–H groups in total. The van der Waals surface area contributed by atoms with E-state index in [2.05, 4.69) is 20.6 Å². The van der Waals surface area contributed by atoms with Crippen molar-refractivity contribution in [1.29, 1.82) is 0 Å². The summed E-state index contributed by atoms with van der Waals surface area (Å²) in [5, 5.41) is 17.6. The number of hydrogen-bond donors (Lipinski definition) is 3. The van der Waals surface area contributed by atoms with E-state index >= 15 is 0 Å². The first-order valence-electron chi connectivity index (χ1n) is 9.14. The molecule has 27 heavy (non-hydrogen) atoms. The van der Waals surface area contributed by atoms with E-state index in [0.717, 1.165) is 33.6 Å². The van der Waals surface area contributed by atoms with Crippen molar-refractivity contribution in [3.63, 3.8) is 0 Å². The third-order valence-corrected chi connectivity index (χ3v) is 6.12. The zero-order valence-electron chi connectivity index (χ0n) is 14.9. The molecule has 1 aliphatic carbocycles. The molecule has 7 heteroatoms. The summed E-state index contributed by atoms with van der Waals surface area (Å²) in [4.78, 5) is 20.8. The van der Waals surface area contributed by atoms with Crippen molar-refractivity contribution in [3.05, 3.63) is 59.4 Å². The molecule has 0 atom stereocenters. The lowest BCUT2D eigenvalue weighted by Crippen LogP contribution is -2.45. The van der Waals surface area contributed by atoms with Crippen molar-refractivity contribution in [3.8, 4) is 0 Å². The first-order valence-corrected chi connectivity index (χ1v) is 9.96. The summed E-state index contributed by atoms with van der Waals surface area (Å²) < 4.78 is 1.12. The monoisotopic (exact) mass is 382 g/mol. The number of aromatic nitrogens is 2. The number of aliphatic hydroxyl groups is 1. The van der Waals surface area contributed by atoms with Crippen molar-refractivity contribution in [2.24, 2.45) is 0 Å². The summed E-state index contributed by atoms with van der Waals surface area (Å²) in [5.74, 6) is 0. The Hall–Kier alpha value is -2.51. The van der Waals surface area contributed by atoms with Crippen LogP contribution in [0, 0.1) is 0 Å². The molecule has 0 spiro atoms. The second-order valence-corrected chi connectivity index (χ2v) is 8.07. The molecule has 0 saturated heterocycles. The number of thiazole rings is 1. The van der Waals surface area contributed by atoms with Crippen molar-refractivity contribution < 1.29 is 9.90 Å². The molecule has 2 aromatic heterocycles. The van der Waals surface area contributed by atoms with Gasteiger partial charge in [0.15, 0.2) is 0 Å². The van der Waals surface area contributed by atoms with Gasteiger partial charge in [0.2, 0.25) is 0 Å². The fourth-order valence-electron chi connectivity index (χ4n) is 3.55. The molecular formula is C20H22N4O2S. The minimum atomic E-state index is -0.843. The zero-order chi connectivity index (χ0) is 18.7. The molecule has 1 fully saturated rings. The van der Waals surface area contributed by atoms with Crippen LogP contribution in [-0.4, -0.2) is 27.1 Å². The average molecular weight is 382 g/mol. The second-order valence-electron chi connectivity index (χ2n) is 6.95. The van der Waals surface area contributed by atoms with Crippen LogP contribution in [-0.2, 0) is 12.1 Å². The molecule has 3 aromatic rings. The van der Waals surface area contributed by atoms with Gasteiger partial charge in [-0.2, -0.15) is 0 Å². The summed E-state index contributed by atoms with van der Waals surface area (Å²) in [5.41, 5.74) is 0.967. The molecule has 0 unspecified atom stereocenters. The lowest BCUT2D eigenvalue weighted by atomic mass is 9.78. The minimum Gasteiger partial charge on any atom is -0.385 e. The summed E-state index contributed by atoms with van der Waals surface area (Å²) in [6.07, 6.45) is 6.12. The first kappa shape index (κ1) is 17.9.